The molecule has 1 aliphatic heterocycles. The molecule has 0 spiro atoms. The number of aliphatic imine (C=N–C) groups is 1. The molecule has 0 amide bonds. The smallest absolute Gasteiger partial charge is 0.141 e. The number of fused-ring (bicyclic) bond motifs is 1. The Morgan fingerprint density at radius 3 is 2.74 bits per heavy atom. The molecule has 1 aliphatic carbocycles. The maximum absolute atomic E-state index is 12.2. The van der Waals surface area contributed by atoms with Crippen molar-refractivity contribution in [3.63, 3.8) is 0 Å². The summed E-state index contributed by atoms with van der Waals surface area (Å²) in [5, 5.41) is 0. The van der Waals surface area contributed by atoms with Crippen LogP contribution in [-0.4, -0.2) is 17.0 Å². The molecule has 1 fully saturated rings. The van der Waals surface area contributed by atoms with E-state index < -0.39 is 0 Å². The fourth-order valence-electron chi connectivity index (χ4n) is 3.06. The second kappa shape index (κ2) is 4.59. The Balaban J connectivity index is 1.89. The summed E-state index contributed by atoms with van der Waals surface area (Å²) in [5.41, 5.74) is 3.45. The molecule has 1 aromatic carbocycles. The van der Waals surface area contributed by atoms with Crippen LogP contribution in [0.4, 0.5) is 0 Å². The number of ketones is 1. The van der Waals surface area contributed by atoms with Gasteiger partial charge in [0.2, 0.25) is 0 Å². The summed E-state index contributed by atoms with van der Waals surface area (Å²) < 4.78 is 0. The maximum Gasteiger partial charge on any atom is 0.141 e. The van der Waals surface area contributed by atoms with Crippen LogP contribution in [0.15, 0.2) is 29.3 Å². The molecule has 0 saturated heterocycles. The molecule has 3 rings (SSSR count). The lowest BCUT2D eigenvalue weighted by Crippen LogP contribution is -2.32. The van der Waals surface area contributed by atoms with Gasteiger partial charge in [-0.2, -0.15) is 0 Å². The highest BCUT2D eigenvalue weighted by atomic mass is 16.1. The van der Waals surface area contributed by atoms with Crippen molar-refractivity contribution in [2.75, 3.05) is 0 Å². The lowest BCUT2D eigenvalue weighted by Gasteiger charge is -2.30. The van der Waals surface area contributed by atoms with E-state index in [9.17, 15) is 4.79 Å². The zero-order valence-corrected chi connectivity index (χ0v) is 11.8. The highest BCUT2D eigenvalue weighted by Crippen LogP contribution is 2.31. The topological polar surface area (TPSA) is 29.4 Å². The minimum absolute atomic E-state index is 0.0798. The van der Waals surface area contributed by atoms with E-state index in [2.05, 4.69) is 32.0 Å². The van der Waals surface area contributed by atoms with Crippen LogP contribution in [-0.2, 0) is 11.2 Å². The number of carbonyl (C=O) groups excluding carboxylic acids is 1. The van der Waals surface area contributed by atoms with Crippen molar-refractivity contribution in [3.8, 4) is 0 Å². The fourth-order valence-corrected chi connectivity index (χ4v) is 3.06. The highest BCUT2D eigenvalue weighted by molar-refractivity contribution is 6.13. The van der Waals surface area contributed by atoms with E-state index >= 15 is 0 Å². The minimum atomic E-state index is -0.0798. The first-order valence-electron chi connectivity index (χ1n) is 7.25. The van der Waals surface area contributed by atoms with Crippen LogP contribution >= 0.6 is 0 Å². The number of Topliss-reactive ketones (excluding diaryl/α,β-unsaturated/α-hetero) is 1. The Morgan fingerprint density at radius 1 is 1.32 bits per heavy atom. The van der Waals surface area contributed by atoms with E-state index in [1.807, 2.05) is 6.07 Å². The molecule has 100 valence electrons. The van der Waals surface area contributed by atoms with Gasteiger partial charge in [-0.25, -0.2) is 0 Å². The molecule has 0 radical (unpaired) electrons. The van der Waals surface area contributed by atoms with E-state index in [0.717, 1.165) is 25.0 Å². The Bertz CT molecular complexity index is 538. The molecule has 0 aromatic heterocycles. The van der Waals surface area contributed by atoms with Crippen molar-refractivity contribution >= 4 is 11.5 Å². The lowest BCUT2D eigenvalue weighted by atomic mass is 9.79. The summed E-state index contributed by atoms with van der Waals surface area (Å²) in [5.74, 6) is 0.692. The SMILES string of the molecule is CC1(C)Cc2ccccc2C(CC(=O)C2CCC2)=N1. The van der Waals surface area contributed by atoms with Crippen molar-refractivity contribution in [3.05, 3.63) is 35.4 Å². The number of hydrogen-bond acceptors (Lipinski definition) is 2. The van der Waals surface area contributed by atoms with Gasteiger partial charge in [0.05, 0.1) is 11.3 Å². The quantitative estimate of drug-likeness (QED) is 0.812. The Morgan fingerprint density at radius 2 is 2.05 bits per heavy atom. The number of rotatable bonds is 3. The summed E-state index contributed by atoms with van der Waals surface area (Å²) in [6.07, 6.45) is 4.86. The van der Waals surface area contributed by atoms with E-state index in [-0.39, 0.29) is 5.54 Å². The average molecular weight is 255 g/mol. The molecule has 0 N–H and O–H groups in total. The molecule has 1 heterocycles. The lowest BCUT2D eigenvalue weighted by molar-refractivity contribution is -0.123. The van der Waals surface area contributed by atoms with E-state index in [4.69, 9.17) is 4.99 Å². The predicted molar refractivity (Wildman–Crippen MR) is 77.7 cm³/mol. The van der Waals surface area contributed by atoms with E-state index in [1.54, 1.807) is 0 Å². The van der Waals surface area contributed by atoms with Gasteiger partial charge in [-0.3, -0.25) is 9.79 Å². The van der Waals surface area contributed by atoms with Crippen molar-refractivity contribution in [2.24, 2.45) is 10.9 Å². The van der Waals surface area contributed by atoms with E-state index in [0.29, 0.717) is 18.1 Å². The molecular formula is C17H21NO. The second-order valence-electron chi connectivity index (χ2n) is 6.48. The van der Waals surface area contributed by atoms with Gasteiger partial charge in [0, 0.05) is 12.3 Å². The van der Waals surface area contributed by atoms with Crippen molar-refractivity contribution in [2.45, 2.75) is 51.5 Å². The summed E-state index contributed by atoms with van der Waals surface area (Å²) >= 11 is 0. The molecule has 19 heavy (non-hydrogen) atoms. The van der Waals surface area contributed by atoms with Crippen LogP contribution in [0, 0.1) is 5.92 Å². The van der Waals surface area contributed by atoms with Gasteiger partial charge in [0.1, 0.15) is 5.78 Å². The number of carbonyl (C=O) groups is 1. The van der Waals surface area contributed by atoms with Gasteiger partial charge in [-0.1, -0.05) is 30.7 Å². The predicted octanol–water partition coefficient (Wildman–Crippen LogP) is 3.57. The summed E-state index contributed by atoms with van der Waals surface area (Å²) in [6.45, 7) is 4.30. The standard InChI is InChI=1S/C17H21NO/c1-17(2)11-13-6-3-4-9-14(13)15(18-17)10-16(19)12-7-5-8-12/h3-4,6,9,12H,5,7-8,10-11H2,1-2H3. The monoisotopic (exact) mass is 255 g/mol. The fraction of sp³-hybridized carbons (Fsp3) is 0.529. The molecule has 0 bridgehead atoms. The molecule has 2 nitrogen and oxygen atoms in total. The average Bonchev–Trinajstić information content (AvgIpc) is 2.24. The Labute approximate surface area is 114 Å². The van der Waals surface area contributed by atoms with Crippen LogP contribution in [0.5, 0.6) is 0 Å². The highest BCUT2D eigenvalue weighted by Gasteiger charge is 2.30. The zero-order chi connectivity index (χ0) is 13.5. The minimum Gasteiger partial charge on any atom is -0.299 e. The molecular weight excluding hydrogens is 234 g/mol. The summed E-state index contributed by atoms with van der Waals surface area (Å²) in [6, 6.07) is 8.39. The summed E-state index contributed by atoms with van der Waals surface area (Å²) in [4.78, 5) is 17.1. The number of nitrogens with zero attached hydrogens (tertiary/aromatic N) is 1. The number of benzene rings is 1. The summed E-state index contributed by atoms with van der Waals surface area (Å²) in [7, 11) is 0. The van der Waals surface area contributed by atoms with Gasteiger partial charge in [0.15, 0.2) is 0 Å². The maximum atomic E-state index is 12.2. The zero-order valence-electron chi connectivity index (χ0n) is 11.8. The molecule has 0 unspecified atom stereocenters. The first-order valence-corrected chi connectivity index (χ1v) is 7.25. The van der Waals surface area contributed by atoms with Crippen molar-refractivity contribution in [1.82, 2.24) is 0 Å². The van der Waals surface area contributed by atoms with Crippen LogP contribution in [0.3, 0.4) is 0 Å². The van der Waals surface area contributed by atoms with Crippen LogP contribution in [0.2, 0.25) is 0 Å². The van der Waals surface area contributed by atoms with Crippen LogP contribution in [0.25, 0.3) is 0 Å². The van der Waals surface area contributed by atoms with Crippen LogP contribution < -0.4 is 0 Å². The normalized spacial score (nSPS) is 21.3. The van der Waals surface area contributed by atoms with Gasteiger partial charge < -0.3 is 0 Å². The van der Waals surface area contributed by atoms with Gasteiger partial charge in [-0.15, -0.1) is 0 Å². The Kier molecular flexibility index (Phi) is 3.04. The van der Waals surface area contributed by atoms with Gasteiger partial charge in [-0.05, 0) is 44.2 Å². The third-order valence-electron chi connectivity index (χ3n) is 4.29. The van der Waals surface area contributed by atoms with E-state index in [1.165, 1.54) is 17.5 Å². The molecule has 1 saturated carbocycles. The third-order valence-corrected chi connectivity index (χ3v) is 4.29. The van der Waals surface area contributed by atoms with Crippen molar-refractivity contribution in [1.29, 1.82) is 0 Å². The molecule has 0 atom stereocenters. The largest absolute Gasteiger partial charge is 0.299 e. The first-order chi connectivity index (χ1) is 9.05. The van der Waals surface area contributed by atoms with Crippen molar-refractivity contribution < 1.29 is 4.79 Å². The van der Waals surface area contributed by atoms with Crippen LogP contribution in [0.1, 0.15) is 50.7 Å². The number of hydrogen-bond donors (Lipinski definition) is 0. The second-order valence-corrected chi connectivity index (χ2v) is 6.48. The third kappa shape index (κ3) is 2.49. The first kappa shape index (κ1) is 12.6. The molecule has 2 aliphatic rings. The van der Waals surface area contributed by atoms with Gasteiger partial charge in [0.25, 0.3) is 0 Å². The van der Waals surface area contributed by atoms with Gasteiger partial charge >= 0.3 is 0 Å². The molecule has 2 heteroatoms. The Hall–Kier alpha value is -1.44. The molecule has 1 aromatic rings.